The number of nitrogens with zero attached hydrogens (tertiary/aromatic N) is 2. The number of aryl methyl sites for hydroxylation is 2. The second kappa shape index (κ2) is 6.39. The zero-order valence-corrected chi connectivity index (χ0v) is 14.2. The van der Waals surface area contributed by atoms with Gasteiger partial charge in [0.2, 0.25) is 0 Å². The number of hydrogen-bond acceptors (Lipinski definition) is 5. The lowest BCUT2D eigenvalue weighted by molar-refractivity contribution is 0.0525. The Balaban J connectivity index is 2.34. The molecule has 3 rings (SSSR count). The summed E-state index contributed by atoms with van der Waals surface area (Å²) in [5.41, 5.74) is 2.09. The minimum atomic E-state index is -0.461. The summed E-state index contributed by atoms with van der Waals surface area (Å²) in [4.78, 5) is 29.6. The van der Waals surface area contributed by atoms with Crippen LogP contribution in [0, 0.1) is 13.8 Å². The smallest absolute Gasteiger partial charge is 0.338 e. The molecule has 128 valence electrons. The summed E-state index contributed by atoms with van der Waals surface area (Å²) < 4.78 is 6.38. The quantitative estimate of drug-likeness (QED) is 0.743. The summed E-state index contributed by atoms with van der Waals surface area (Å²) >= 11 is 0. The molecule has 3 aromatic rings. The van der Waals surface area contributed by atoms with Crippen LogP contribution in [0.15, 0.2) is 41.5 Å². The van der Waals surface area contributed by atoms with E-state index in [0.717, 1.165) is 0 Å². The maximum Gasteiger partial charge on any atom is 0.338 e. The molecule has 0 aliphatic carbocycles. The average Bonchev–Trinajstić information content (AvgIpc) is 2.56. The molecule has 2 aromatic carbocycles. The van der Waals surface area contributed by atoms with Crippen LogP contribution in [0.1, 0.15) is 28.4 Å². The Morgan fingerprint density at radius 1 is 1.28 bits per heavy atom. The number of carbonyl (C=O) groups excluding carboxylic acids is 1. The summed E-state index contributed by atoms with van der Waals surface area (Å²) in [6.07, 6.45) is 1.38. The Morgan fingerprint density at radius 3 is 2.68 bits per heavy atom. The third kappa shape index (κ3) is 2.76. The van der Waals surface area contributed by atoms with Gasteiger partial charge in [0.1, 0.15) is 12.1 Å². The second-order valence-corrected chi connectivity index (χ2v) is 5.72. The predicted octanol–water partition coefficient (Wildman–Crippen LogP) is 2.88. The molecular weight excluding hydrogens is 320 g/mol. The SMILES string of the molecule is CCOC(=O)c1c(C)cc2ncn(-c3ccccc3O)c(=O)c2c1C. The van der Waals surface area contributed by atoms with Crippen molar-refractivity contribution in [3.8, 4) is 11.4 Å². The van der Waals surface area contributed by atoms with Crippen molar-refractivity contribution in [1.82, 2.24) is 9.55 Å². The van der Waals surface area contributed by atoms with Gasteiger partial charge in [-0.15, -0.1) is 0 Å². The fourth-order valence-corrected chi connectivity index (χ4v) is 2.98. The summed E-state index contributed by atoms with van der Waals surface area (Å²) in [5, 5.41) is 10.4. The first-order valence-corrected chi connectivity index (χ1v) is 7.92. The van der Waals surface area contributed by atoms with Crippen LogP contribution in [-0.2, 0) is 4.74 Å². The van der Waals surface area contributed by atoms with E-state index < -0.39 is 5.97 Å². The number of phenols is 1. The van der Waals surface area contributed by atoms with Crippen LogP contribution in [0.2, 0.25) is 0 Å². The third-order valence-electron chi connectivity index (χ3n) is 4.12. The molecule has 0 atom stereocenters. The Morgan fingerprint density at radius 2 is 2.00 bits per heavy atom. The van der Waals surface area contributed by atoms with E-state index in [9.17, 15) is 14.7 Å². The van der Waals surface area contributed by atoms with E-state index in [0.29, 0.717) is 33.3 Å². The largest absolute Gasteiger partial charge is 0.506 e. The molecule has 0 saturated carbocycles. The van der Waals surface area contributed by atoms with Crippen molar-refractivity contribution in [2.45, 2.75) is 20.8 Å². The van der Waals surface area contributed by atoms with Crippen LogP contribution in [0.5, 0.6) is 5.75 Å². The van der Waals surface area contributed by atoms with E-state index in [-0.39, 0.29) is 17.9 Å². The predicted molar refractivity (Wildman–Crippen MR) is 94.4 cm³/mol. The first kappa shape index (κ1) is 16.7. The first-order chi connectivity index (χ1) is 12.0. The molecule has 1 N–H and O–H groups in total. The number of benzene rings is 2. The van der Waals surface area contributed by atoms with Crippen LogP contribution in [0.25, 0.3) is 16.6 Å². The number of aromatic hydroxyl groups is 1. The van der Waals surface area contributed by atoms with Crippen LogP contribution in [-0.4, -0.2) is 27.2 Å². The van der Waals surface area contributed by atoms with Gasteiger partial charge in [-0.2, -0.15) is 0 Å². The zero-order valence-electron chi connectivity index (χ0n) is 14.2. The lowest BCUT2D eigenvalue weighted by Gasteiger charge is -2.13. The number of ether oxygens (including phenoxy) is 1. The standard InChI is InChI=1S/C19H18N2O4/c1-4-25-19(24)16-11(2)9-13-17(12(16)3)18(23)21(10-20-13)14-7-5-6-8-15(14)22/h5-10,22H,4H2,1-3H3. The van der Waals surface area contributed by atoms with Gasteiger partial charge in [-0.3, -0.25) is 9.36 Å². The van der Waals surface area contributed by atoms with Crippen LogP contribution in [0.4, 0.5) is 0 Å². The van der Waals surface area contributed by atoms with Gasteiger partial charge in [0.15, 0.2) is 0 Å². The molecule has 0 radical (unpaired) electrons. The van der Waals surface area contributed by atoms with Gasteiger partial charge in [-0.05, 0) is 50.1 Å². The molecule has 0 unspecified atom stereocenters. The van der Waals surface area contributed by atoms with Crippen molar-refractivity contribution in [2.75, 3.05) is 6.61 Å². The third-order valence-corrected chi connectivity index (χ3v) is 4.12. The number of phenolic OH excluding ortho intramolecular Hbond substituents is 1. The lowest BCUT2D eigenvalue weighted by atomic mass is 9.98. The van der Waals surface area contributed by atoms with Crippen molar-refractivity contribution >= 4 is 16.9 Å². The van der Waals surface area contributed by atoms with Gasteiger partial charge in [-0.25, -0.2) is 9.78 Å². The van der Waals surface area contributed by atoms with Crippen molar-refractivity contribution in [3.05, 3.63) is 63.7 Å². The molecular formula is C19H18N2O4. The maximum absolute atomic E-state index is 13.0. The highest BCUT2D eigenvalue weighted by Crippen LogP contribution is 2.24. The monoisotopic (exact) mass is 338 g/mol. The van der Waals surface area contributed by atoms with Crippen LogP contribution < -0.4 is 5.56 Å². The van der Waals surface area contributed by atoms with Crippen molar-refractivity contribution in [1.29, 1.82) is 0 Å². The minimum Gasteiger partial charge on any atom is -0.506 e. The molecule has 0 spiro atoms. The number of carbonyl (C=O) groups is 1. The molecule has 25 heavy (non-hydrogen) atoms. The average molecular weight is 338 g/mol. The first-order valence-electron chi connectivity index (χ1n) is 7.92. The number of hydrogen-bond donors (Lipinski definition) is 1. The second-order valence-electron chi connectivity index (χ2n) is 5.72. The van der Waals surface area contributed by atoms with Crippen molar-refractivity contribution in [3.63, 3.8) is 0 Å². The highest BCUT2D eigenvalue weighted by atomic mass is 16.5. The van der Waals surface area contributed by atoms with E-state index in [4.69, 9.17) is 4.74 Å². The minimum absolute atomic E-state index is 0.0267. The maximum atomic E-state index is 13.0. The molecule has 0 bridgehead atoms. The van der Waals surface area contributed by atoms with Gasteiger partial charge < -0.3 is 9.84 Å². The summed E-state index contributed by atoms with van der Waals surface area (Å²) in [6, 6.07) is 8.22. The van der Waals surface area contributed by atoms with Crippen molar-refractivity contribution in [2.24, 2.45) is 0 Å². The highest BCUT2D eigenvalue weighted by Gasteiger charge is 2.19. The molecule has 0 amide bonds. The number of fused-ring (bicyclic) bond motifs is 1. The normalized spacial score (nSPS) is 10.8. The van der Waals surface area contributed by atoms with Gasteiger partial charge >= 0.3 is 5.97 Å². The van der Waals surface area contributed by atoms with E-state index >= 15 is 0 Å². The highest BCUT2D eigenvalue weighted by molar-refractivity contribution is 5.99. The number of esters is 1. The Labute approximate surface area is 144 Å². The fraction of sp³-hybridized carbons (Fsp3) is 0.211. The molecule has 1 heterocycles. The zero-order chi connectivity index (χ0) is 18.1. The Kier molecular flexibility index (Phi) is 4.27. The van der Waals surface area contributed by atoms with E-state index in [1.165, 1.54) is 17.0 Å². The molecule has 0 aliphatic rings. The number of rotatable bonds is 3. The van der Waals surface area contributed by atoms with Crippen molar-refractivity contribution < 1.29 is 14.6 Å². The summed E-state index contributed by atoms with van der Waals surface area (Å²) in [7, 11) is 0. The molecule has 0 saturated heterocycles. The topological polar surface area (TPSA) is 81.4 Å². The van der Waals surface area contributed by atoms with Gasteiger partial charge in [0, 0.05) is 0 Å². The lowest BCUT2D eigenvalue weighted by Crippen LogP contribution is -2.21. The van der Waals surface area contributed by atoms with Gasteiger partial charge in [0.25, 0.3) is 5.56 Å². The number of para-hydroxylation sites is 2. The molecule has 6 nitrogen and oxygen atoms in total. The van der Waals surface area contributed by atoms with E-state index in [1.54, 1.807) is 45.0 Å². The van der Waals surface area contributed by atoms with Gasteiger partial charge in [0.05, 0.1) is 28.8 Å². The molecule has 6 heteroatoms. The Hall–Kier alpha value is -3.15. The molecule has 0 fully saturated rings. The van der Waals surface area contributed by atoms with E-state index in [1.807, 2.05) is 0 Å². The van der Waals surface area contributed by atoms with Crippen LogP contribution >= 0.6 is 0 Å². The number of aromatic nitrogens is 2. The Bertz CT molecular complexity index is 1040. The molecule has 0 aliphatic heterocycles. The summed E-state index contributed by atoms with van der Waals surface area (Å²) in [5.74, 6) is -0.488. The molecule has 1 aromatic heterocycles. The van der Waals surface area contributed by atoms with Gasteiger partial charge in [-0.1, -0.05) is 12.1 Å². The van der Waals surface area contributed by atoms with Crippen LogP contribution in [0.3, 0.4) is 0 Å². The van der Waals surface area contributed by atoms with E-state index in [2.05, 4.69) is 4.98 Å². The fourth-order valence-electron chi connectivity index (χ4n) is 2.98. The summed E-state index contributed by atoms with van der Waals surface area (Å²) in [6.45, 7) is 5.48.